The van der Waals surface area contributed by atoms with Crippen LogP contribution in [-0.4, -0.2) is 39.0 Å². The molecule has 10 heteroatoms. The number of hydrogen-bond acceptors (Lipinski definition) is 6. The molecule has 0 unspecified atom stereocenters. The minimum atomic E-state index is -1.07. The topological polar surface area (TPSA) is 120 Å². The van der Waals surface area contributed by atoms with Crippen LogP contribution >= 0.6 is 11.8 Å². The molecule has 0 saturated carbocycles. The van der Waals surface area contributed by atoms with Crippen LogP contribution in [0.15, 0.2) is 58.7 Å². The largest absolute Gasteiger partial charge is 0.478 e. The number of nitrogens with zero attached hydrogens (tertiary/aromatic N) is 2. The summed E-state index contributed by atoms with van der Waals surface area (Å²) in [5.74, 6) is -2.21. The molecule has 3 rings (SSSR count). The average molecular weight is 428 g/mol. The molecule has 1 fully saturated rings. The van der Waals surface area contributed by atoms with Gasteiger partial charge in [0.05, 0.1) is 11.3 Å². The second-order valence-electron chi connectivity index (χ2n) is 6.33. The van der Waals surface area contributed by atoms with Crippen molar-refractivity contribution in [3.63, 3.8) is 0 Å². The lowest BCUT2D eigenvalue weighted by Crippen LogP contribution is -2.41. The molecule has 2 aromatic carbocycles. The molecule has 2 aromatic rings. The summed E-state index contributed by atoms with van der Waals surface area (Å²) >= 11 is 1.06. The van der Waals surface area contributed by atoms with E-state index in [-0.39, 0.29) is 28.9 Å². The van der Waals surface area contributed by atoms with Gasteiger partial charge in [-0.05, 0) is 48.9 Å². The van der Waals surface area contributed by atoms with Crippen LogP contribution in [0.2, 0.25) is 0 Å². The van der Waals surface area contributed by atoms with Crippen molar-refractivity contribution in [3.8, 4) is 0 Å². The van der Waals surface area contributed by atoms with Gasteiger partial charge in [-0.25, -0.2) is 9.18 Å². The number of rotatable bonds is 5. The van der Waals surface area contributed by atoms with Crippen molar-refractivity contribution in [3.05, 3.63) is 65.5 Å². The molecule has 2 amide bonds. The number of carboxylic acids is 1. The Kier molecular flexibility index (Phi) is 6.58. The zero-order valence-electron chi connectivity index (χ0n) is 15.8. The molecular formula is C20H17FN4O4S. The van der Waals surface area contributed by atoms with Crippen molar-refractivity contribution in [2.45, 2.75) is 18.6 Å². The minimum absolute atomic E-state index is 0.0383. The van der Waals surface area contributed by atoms with Gasteiger partial charge in [0, 0.05) is 12.1 Å². The van der Waals surface area contributed by atoms with E-state index in [1.807, 2.05) is 0 Å². The van der Waals surface area contributed by atoms with Crippen LogP contribution in [0, 0.1) is 5.82 Å². The van der Waals surface area contributed by atoms with Crippen molar-refractivity contribution < 1.29 is 23.9 Å². The summed E-state index contributed by atoms with van der Waals surface area (Å²) in [7, 11) is 0. The van der Waals surface area contributed by atoms with Crippen molar-refractivity contribution in [2.24, 2.45) is 10.2 Å². The molecule has 1 aliphatic rings. The van der Waals surface area contributed by atoms with Crippen molar-refractivity contribution in [2.75, 3.05) is 5.32 Å². The summed E-state index contributed by atoms with van der Waals surface area (Å²) in [5.41, 5.74) is 1.71. The molecule has 1 heterocycles. The lowest BCUT2D eigenvalue weighted by atomic mass is 10.1. The number of carbonyl (C=O) groups excluding carboxylic acids is 2. The molecule has 0 aliphatic carbocycles. The quantitative estimate of drug-likeness (QED) is 0.500. The number of anilines is 1. The molecule has 0 aromatic heterocycles. The van der Waals surface area contributed by atoms with Gasteiger partial charge in [-0.3, -0.25) is 9.59 Å². The van der Waals surface area contributed by atoms with Crippen LogP contribution in [0.1, 0.15) is 29.3 Å². The van der Waals surface area contributed by atoms with E-state index in [9.17, 15) is 18.8 Å². The Bertz CT molecular complexity index is 1040. The summed E-state index contributed by atoms with van der Waals surface area (Å²) in [6.45, 7) is 1.69. The zero-order valence-corrected chi connectivity index (χ0v) is 16.6. The first-order chi connectivity index (χ1) is 14.3. The number of halogens is 1. The van der Waals surface area contributed by atoms with E-state index < -0.39 is 17.1 Å². The number of nitrogens with one attached hydrogen (secondary N) is 2. The van der Waals surface area contributed by atoms with Gasteiger partial charge < -0.3 is 15.7 Å². The summed E-state index contributed by atoms with van der Waals surface area (Å²) < 4.78 is 13.0. The van der Waals surface area contributed by atoms with Gasteiger partial charge in [0.2, 0.25) is 11.8 Å². The first-order valence-electron chi connectivity index (χ1n) is 8.81. The maximum Gasteiger partial charge on any atom is 0.335 e. The third kappa shape index (κ3) is 5.51. The van der Waals surface area contributed by atoms with E-state index in [1.54, 1.807) is 19.1 Å². The van der Waals surface area contributed by atoms with E-state index in [2.05, 4.69) is 20.8 Å². The number of thioether (sulfide) groups is 1. The summed E-state index contributed by atoms with van der Waals surface area (Å²) in [4.78, 5) is 35.4. The second-order valence-corrected chi connectivity index (χ2v) is 7.52. The first kappa shape index (κ1) is 21.2. The lowest BCUT2D eigenvalue weighted by molar-refractivity contribution is -0.123. The smallest absolute Gasteiger partial charge is 0.335 e. The Labute approximate surface area is 175 Å². The predicted molar refractivity (Wildman–Crippen MR) is 112 cm³/mol. The fourth-order valence-corrected chi connectivity index (χ4v) is 3.46. The highest BCUT2D eigenvalue weighted by atomic mass is 32.2. The van der Waals surface area contributed by atoms with Crippen molar-refractivity contribution in [1.29, 1.82) is 0 Å². The normalized spacial score (nSPS) is 18.1. The van der Waals surface area contributed by atoms with Gasteiger partial charge in [-0.2, -0.15) is 5.10 Å². The Morgan fingerprint density at radius 1 is 1.13 bits per heavy atom. The van der Waals surface area contributed by atoms with Gasteiger partial charge >= 0.3 is 5.97 Å². The zero-order chi connectivity index (χ0) is 21.7. The van der Waals surface area contributed by atoms with Crippen LogP contribution in [0.25, 0.3) is 0 Å². The maximum atomic E-state index is 13.0. The fraction of sp³-hybridized carbons (Fsp3) is 0.150. The lowest BCUT2D eigenvalue weighted by Gasteiger charge is -2.21. The molecular weight excluding hydrogens is 411 g/mol. The number of aromatic carboxylic acids is 1. The van der Waals surface area contributed by atoms with Crippen LogP contribution in [-0.2, 0) is 9.59 Å². The molecule has 3 N–H and O–H groups in total. The van der Waals surface area contributed by atoms with Gasteiger partial charge in [0.15, 0.2) is 5.17 Å². The van der Waals surface area contributed by atoms with Crippen LogP contribution in [0.4, 0.5) is 10.1 Å². The Morgan fingerprint density at radius 2 is 1.77 bits per heavy atom. The first-order valence-corrected chi connectivity index (χ1v) is 9.68. The highest BCUT2D eigenvalue weighted by molar-refractivity contribution is 8.15. The molecule has 30 heavy (non-hydrogen) atoms. The molecule has 1 atom stereocenters. The van der Waals surface area contributed by atoms with Crippen molar-refractivity contribution in [1.82, 2.24) is 5.32 Å². The number of carboxylic acid groups (broad SMARTS) is 1. The van der Waals surface area contributed by atoms with Gasteiger partial charge in [0.1, 0.15) is 11.1 Å². The van der Waals surface area contributed by atoms with E-state index in [1.165, 1.54) is 36.4 Å². The maximum absolute atomic E-state index is 13.0. The minimum Gasteiger partial charge on any atom is -0.478 e. The van der Waals surface area contributed by atoms with Gasteiger partial charge in [-0.15, -0.1) is 5.10 Å². The Hall–Kier alpha value is -3.53. The SMILES string of the molecule is C/C(=N/N=C1\NC(=O)C[C@H](C(=O)Nc2ccc(C(=O)O)cc2)S1)c1ccc(F)cc1. The Balaban J connectivity index is 1.68. The molecule has 154 valence electrons. The predicted octanol–water partition coefficient (Wildman–Crippen LogP) is 2.86. The van der Waals surface area contributed by atoms with E-state index in [0.29, 0.717) is 17.0 Å². The molecule has 0 radical (unpaired) electrons. The molecule has 0 spiro atoms. The third-order valence-electron chi connectivity index (χ3n) is 4.12. The van der Waals surface area contributed by atoms with Crippen LogP contribution in [0.5, 0.6) is 0 Å². The highest BCUT2D eigenvalue weighted by Gasteiger charge is 2.30. The summed E-state index contributed by atoms with van der Waals surface area (Å²) in [5, 5.41) is 21.6. The van der Waals surface area contributed by atoms with Gasteiger partial charge in [-0.1, -0.05) is 23.9 Å². The number of benzene rings is 2. The van der Waals surface area contributed by atoms with Gasteiger partial charge in [0.25, 0.3) is 0 Å². The summed E-state index contributed by atoms with van der Waals surface area (Å²) in [6, 6.07) is 11.4. The van der Waals surface area contributed by atoms with E-state index in [0.717, 1.165) is 11.8 Å². The van der Waals surface area contributed by atoms with E-state index >= 15 is 0 Å². The molecule has 0 bridgehead atoms. The number of amides is 2. The van der Waals surface area contributed by atoms with Crippen LogP contribution in [0.3, 0.4) is 0 Å². The third-order valence-corrected chi connectivity index (χ3v) is 5.19. The summed E-state index contributed by atoms with van der Waals surface area (Å²) in [6.07, 6.45) is -0.0383. The van der Waals surface area contributed by atoms with Crippen LogP contribution < -0.4 is 10.6 Å². The van der Waals surface area contributed by atoms with E-state index in [4.69, 9.17) is 5.11 Å². The average Bonchev–Trinajstić information content (AvgIpc) is 2.72. The highest BCUT2D eigenvalue weighted by Crippen LogP contribution is 2.23. The van der Waals surface area contributed by atoms with Crippen molar-refractivity contribution >= 4 is 46.1 Å². The monoisotopic (exact) mass is 428 g/mol. The number of hydrogen-bond donors (Lipinski definition) is 3. The second kappa shape index (κ2) is 9.31. The fourth-order valence-electron chi connectivity index (χ4n) is 2.53. The number of amidine groups is 1. The molecule has 1 aliphatic heterocycles. The Morgan fingerprint density at radius 3 is 2.40 bits per heavy atom. The standard InChI is InChI=1S/C20H17FN4O4S/c1-11(12-2-6-14(21)7-3-12)24-25-20-23-17(26)10-16(30-20)18(27)22-15-8-4-13(5-9-15)19(28)29/h2-9,16H,10H2,1H3,(H,22,27)(H,28,29)(H,23,25,26)/b24-11-/t16-/m1/s1. The molecule has 1 saturated heterocycles. The molecule has 8 nitrogen and oxygen atoms in total. The number of carbonyl (C=O) groups is 3.